The maximum atomic E-state index is 13.5. The molecule has 8 heteroatoms. The summed E-state index contributed by atoms with van der Waals surface area (Å²) in [6.45, 7) is 0.984. The van der Waals surface area contributed by atoms with Crippen LogP contribution < -0.4 is 10.6 Å². The molecule has 1 aliphatic rings. The van der Waals surface area contributed by atoms with E-state index in [0.29, 0.717) is 5.82 Å². The molecule has 3 rings (SSSR count). The normalized spacial score (nSPS) is 22.1. The number of pyridine rings is 1. The highest BCUT2D eigenvalue weighted by atomic mass is 19.2. The van der Waals surface area contributed by atoms with Crippen LogP contribution in [0.25, 0.3) is 11.3 Å². The summed E-state index contributed by atoms with van der Waals surface area (Å²) in [5, 5.41) is 15.9. The molecule has 0 aliphatic heterocycles. The maximum Gasteiger partial charge on any atom is 0.224 e. The lowest BCUT2D eigenvalue weighted by atomic mass is 9.93. The average molecular weight is 377 g/mol. The predicted octanol–water partition coefficient (Wildman–Crippen LogP) is 3.36. The quantitative estimate of drug-likeness (QED) is 0.686. The van der Waals surface area contributed by atoms with Crippen LogP contribution in [0.3, 0.4) is 0 Å². The van der Waals surface area contributed by atoms with E-state index in [4.69, 9.17) is 0 Å². The molecule has 0 amide bonds. The van der Waals surface area contributed by atoms with Crippen molar-refractivity contribution in [3.8, 4) is 11.3 Å². The van der Waals surface area contributed by atoms with Gasteiger partial charge < -0.3 is 15.7 Å². The number of hydrogen-bond donors (Lipinski definition) is 3. The standard InChI is InChI=1S/C19H25F2N5O/c1-12(20)16(21)11-24-19-23-10-15(17-4-2-3-9-22-17)18(26-19)25-13-5-7-14(27)8-6-13/h2-4,9-10,12-14,16,27H,5-8,11H2,1H3,(H2,23,24,25,26)/t12-,13-,14-,16+/m0/s1. The summed E-state index contributed by atoms with van der Waals surface area (Å²) in [5.74, 6) is 0.827. The van der Waals surface area contributed by atoms with Gasteiger partial charge >= 0.3 is 0 Å². The van der Waals surface area contributed by atoms with E-state index in [0.717, 1.165) is 36.9 Å². The van der Waals surface area contributed by atoms with Gasteiger partial charge in [-0.15, -0.1) is 0 Å². The molecule has 3 N–H and O–H groups in total. The number of aromatic nitrogens is 3. The lowest BCUT2D eigenvalue weighted by Crippen LogP contribution is -2.29. The molecule has 2 aromatic rings. The van der Waals surface area contributed by atoms with Crippen LogP contribution in [0.4, 0.5) is 20.5 Å². The van der Waals surface area contributed by atoms with Gasteiger partial charge in [0, 0.05) is 18.4 Å². The Morgan fingerprint density at radius 3 is 2.63 bits per heavy atom. The van der Waals surface area contributed by atoms with E-state index in [1.165, 1.54) is 6.92 Å². The second kappa shape index (κ2) is 9.03. The molecule has 0 spiro atoms. The predicted molar refractivity (Wildman–Crippen MR) is 101 cm³/mol. The van der Waals surface area contributed by atoms with Crippen molar-refractivity contribution in [3.63, 3.8) is 0 Å². The molecule has 146 valence electrons. The zero-order valence-corrected chi connectivity index (χ0v) is 15.3. The highest BCUT2D eigenvalue weighted by Crippen LogP contribution is 2.28. The van der Waals surface area contributed by atoms with Gasteiger partial charge in [0.15, 0.2) is 0 Å². The highest BCUT2D eigenvalue weighted by Gasteiger charge is 2.22. The summed E-state index contributed by atoms with van der Waals surface area (Å²) in [6.07, 6.45) is 3.04. The Bertz CT molecular complexity index is 723. The van der Waals surface area contributed by atoms with Crippen LogP contribution in [0.15, 0.2) is 30.6 Å². The molecule has 0 aromatic carbocycles. The van der Waals surface area contributed by atoms with E-state index in [1.54, 1.807) is 12.4 Å². The minimum absolute atomic E-state index is 0.179. The zero-order valence-electron chi connectivity index (χ0n) is 15.3. The molecule has 0 saturated heterocycles. The van der Waals surface area contributed by atoms with Crippen molar-refractivity contribution in [2.45, 2.75) is 57.1 Å². The zero-order chi connectivity index (χ0) is 19.2. The van der Waals surface area contributed by atoms with Crippen molar-refractivity contribution in [3.05, 3.63) is 30.6 Å². The molecular weight excluding hydrogens is 352 g/mol. The molecule has 6 nitrogen and oxygen atoms in total. The van der Waals surface area contributed by atoms with E-state index in [-0.39, 0.29) is 24.6 Å². The van der Waals surface area contributed by atoms with Gasteiger partial charge in [-0.25, -0.2) is 13.8 Å². The fourth-order valence-electron chi connectivity index (χ4n) is 3.05. The molecular formula is C19H25F2N5O. The Hall–Kier alpha value is -2.35. The summed E-state index contributed by atoms with van der Waals surface area (Å²) in [4.78, 5) is 13.0. The summed E-state index contributed by atoms with van der Waals surface area (Å²) in [7, 11) is 0. The van der Waals surface area contributed by atoms with Crippen molar-refractivity contribution in [1.82, 2.24) is 15.0 Å². The third-order valence-corrected chi connectivity index (χ3v) is 4.72. The Kier molecular flexibility index (Phi) is 6.49. The maximum absolute atomic E-state index is 13.5. The van der Waals surface area contributed by atoms with Gasteiger partial charge in [-0.2, -0.15) is 4.98 Å². The molecule has 0 radical (unpaired) electrons. The molecule has 1 saturated carbocycles. The van der Waals surface area contributed by atoms with E-state index in [1.807, 2.05) is 18.2 Å². The number of alkyl halides is 2. The lowest BCUT2D eigenvalue weighted by molar-refractivity contribution is 0.126. The van der Waals surface area contributed by atoms with E-state index in [9.17, 15) is 13.9 Å². The Morgan fingerprint density at radius 1 is 1.19 bits per heavy atom. The van der Waals surface area contributed by atoms with Gasteiger partial charge in [-0.05, 0) is 44.7 Å². The first-order chi connectivity index (χ1) is 13.0. The van der Waals surface area contributed by atoms with E-state index < -0.39 is 12.3 Å². The first-order valence-electron chi connectivity index (χ1n) is 9.28. The van der Waals surface area contributed by atoms with Crippen LogP contribution in [-0.4, -0.2) is 51.1 Å². The lowest BCUT2D eigenvalue weighted by Gasteiger charge is -2.27. The van der Waals surface area contributed by atoms with E-state index in [2.05, 4.69) is 25.6 Å². The number of aliphatic hydroxyl groups excluding tert-OH is 1. The minimum atomic E-state index is -1.62. The molecule has 2 aromatic heterocycles. The fourth-order valence-corrected chi connectivity index (χ4v) is 3.05. The first kappa shape index (κ1) is 19.4. The third-order valence-electron chi connectivity index (χ3n) is 4.72. The van der Waals surface area contributed by atoms with Crippen molar-refractivity contribution in [1.29, 1.82) is 0 Å². The van der Waals surface area contributed by atoms with Crippen molar-refractivity contribution < 1.29 is 13.9 Å². The van der Waals surface area contributed by atoms with Gasteiger partial charge in [0.1, 0.15) is 18.2 Å². The summed E-state index contributed by atoms with van der Waals surface area (Å²) >= 11 is 0. The Morgan fingerprint density at radius 2 is 1.96 bits per heavy atom. The Labute approximate surface area is 157 Å². The number of hydrogen-bond acceptors (Lipinski definition) is 6. The summed E-state index contributed by atoms with van der Waals surface area (Å²) in [6, 6.07) is 5.75. The smallest absolute Gasteiger partial charge is 0.224 e. The molecule has 2 atom stereocenters. The highest BCUT2D eigenvalue weighted by molar-refractivity contribution is 5.72. The molecule has 27 heavy (non-hydrogen) atoms. The van der Waals surface area contributed by atoms with Gasteiger partial charge in [-0.3, -0.25) is 4.98 Å². The van der Waals surface area contributed by atoms with Crippen molar-refractivity contribution in [2.75, 3.05) is 17.2 Å². The number of rotatable bonds is 7. The first-order valence-corrected chi connectivity index (χ1v) is 9.28. The van der Waals surface area contributed by atoms with Crippen LogP contribution >= 0.6 is 0 Å². The number of nitrogens with one attached hydrogen (secondary N) is 2. The second-order valence-electron chi connectivity index (χ2n) is 6.90. The van der Waals surface area contributed by atoms with Crippen LogP contribution in [0.5, 0.6) is 0 Å². The van der Waals surface area contributed by atoms with Gasteiger partial charge in [0.05, 0.1) is 23.9 Å². The number of anilines is 2. The fraction of sp³-hybridized carbons (Fsp3) is 0.526. The number of halogens is 2. The van der Waals surface area contributed by atoms with Crippen molar-refractivity contribution >= 4 is 11.8 Å². The van der Waals surface area contributed by atoms with Crippen LogP contribution in [0.2, 0.25) is 0 Å². The average Bonchev–Trinajstić information content (AvgIpc) is 2.68. The molecule has 2 heterocycles. The summed E-state index contributed by atoms with van der Waals surface area (Å²) < 4.78 is 26.5. The minimum Gasteiger partial charge on any atom is -0.393 e. The van der Waals surface area contributed by atoms with Crippen molar-refractivity contribution in [2.24, 2.45) is 0 Å². The molecule has 1 fully saturated rings. The number of aliphatic hydroxyl groups is 1. The molecule has 0 bridgehead atoms. The molecule has 1 aliphatic carbocycles. The molecule has 0 unspecified atom stereocenters. The van der Waals surface area contributed by atoms with Crippen LogP contribution in [0.1, 0.15) is 32.6 Å². The topological polar surface area (TPSA) is 83.0 Å². The van der Waals surface area contributed by atoms with Gasteiger partial charge in [0.2, 0.25) is 5.95 Å². The monoisotopic (exact) mass is 377 g/mol. The third kappa shape index (κ3) is 5.32. The summed E-state index contributed by atoms with van der Waals surface area (Å²) in [5.41, 5.74) is 1.46. The van der Waals surface area contributed by atoms with Gasteiger partial charge in [0.25, 0.3) is 0 Å². The van der Waals surface area contributed by atoms with Crippen LogP contribution in [-0.2, 0) is 0 Å². The van der Waals surface area contributed by atoms with Crippen LogP contribution in [0, 0.1) is 0 Å². The number of nitrogens with zero attached hydrogens (tertiary/aromatic N) is 3. The van der Waals surface area contributed by atoms with E-state index >= 15 is 0 Å². The van der Waals surface area contributed by atoms with Gasteiger partial charge in [-0.1, -0.05) is 6.07 Å². The second-order valence-corrected chi connectivity index (χ2v) is 6.90. The largest absolute Gasteiger partial charge is 0.393 e. The SMILES string of the molecule is C[C@H](F)[C@H](F)CNc1ncc(-c2ccccn2)c(N[C@H]2CC[C@H](O)CC2)n1. The Balaban J connectivity index is 1.80.